The smallest absolute Gasteiger partial charge is 0.171 e. The van der Waals surface area contributed by atoms with Crippen LogP contribution in [0, 0.1) is 12.7 Å². The summed E-state index contributed by atoms with van der Waals surface area (Å²) in [5, 5.41) is 0.650. The third-order valence-electron chi connectivity index (χ3n) is 3.84. The number of fused-ring (bicyclic) bond motifs is 2. The van der Waals surface area contributed by atoms with Gasteiger partial charge in [0.25, 0.3) is 0 Å². The van der Waals surface area contributed by atoms with Gasteiger partial charge in [0.05, 0.1) is 29.5 Å². The van der Waals surface area contributed by atoms with Gasteiger partial charge in [-0.1, -0.05) is 11.3 Å². The highest BCUT2D eigenvalue weighted by Crippen LogP contribution is 2.34. The topological polar surface area (TPSA) is 77.9 Å². The number of nitrogens with zero attached hydrogens (tertiary/aromatic N) is 4. The fourth-order valence-electron chi connectivity index (χ4n) is 2.74. The predicted octanol–water partition coefficient (Wildman–Crippen LogP) is 3.71. The molecule has 0 amide bonds. The maximum Gasteiger partial charge on any atom is 0.171 e. The van der Waals surface area contributed by atoms with Crippen molar-refractivity contribution >= 4 is 39.0 Å². The van der Waals surface area contributed by atoms with Gasteiger partial charge in [-0.15, -0.1) is 0 Å². The molecule has 1 aromatic carbocycles. The van der Waals surface area contributed by atoms with Gasteiger partial charge in [0.1, 0.15) is 21.0 Å². The highest BCUT2D eigenvalue weighted by molar-refractivity contribution is 7.21. The lowest BCUT2D eigenvalue weighted by atomic mass is 10.1. The van der Waals surface area contributed by atoms with Gasteiger partial charge < -0.3 is 4.74 Å². The minimum Gasteiger partial charge on any atom is -0.378 e. The number of carbonyl (C=O) groups is 1. The highest BCUT2D eigenvalue weighted by Gasteiger charge is 2.15. The first-order valence-corrected chi connectivity index (χ1v) is 8.58. The summed E-state index contributed by atoms with van der Waals surface area (Å²) in [5.74, 6) is -0.678. The van der Waals surface area contributed by atoms with Crippen LogP contribution < -0.4 is 0 Å². The lowest BCUT2D eigenvalue weighted by molar-refractivity contribution is 0.111. The van der Waals surface area contributed by atoms with Crippen molar-refractivity contribution in [3.05, 3.63) is 47.2 Å². The molecule has 0 aliphatic heterocycles. The fraction of sp³-hybridized carbons (Fsp3) is 0.167. The summed E-state index contributed by atoms with van der Waals surface area (Å²) in [4.78, 5) is 29.0. The highest BCUT2D eigenvalue weighted by atomic mass is 32.1. The number of halogens is 1. The van der Waals surface area contributed by atoms with Crippen molar-refractivity contribution < 1.29 is 13.9 Å². The van der Waals surface area contributed by atoms with Crippen molar-refractivity contribution in [1.82, 2.24) is 19.9 Å². The maximum absolute atomic E-state index is 13.8. The van der Waals surface area contributed by atoms with E-state index in [-0.39, 0.29) is 5.69 Å². The minimum absolute atomic E-state index is 0.217. The minimum atomic E-state index is -0.678. The van der Waals surface area contributed by atoms with Crippen molar-refractivity contribution in [1.29, 1.82) is 0 Å². The molecule has 6 nitrogen and oxygen atoms in total. The van der Waals surface area contributed by atoms with Gasteiger partial charge in [-0.05, 0) is 24.6 Å². The molecule has 0 fully saturated rings. The Morgan fingerprint density at radius 3 is 2.81 bits per heavy atom. The SMILES string of the molecule is COCc1cnc2c(-c3nc4cc(F)c(C=O)nc4s3)cc(C)cc2n1. The monoisotopic (exact) mass is 368 g/mol. The molecule has 0 unspecified atom stereocenters. The molecule has 4 rings (SSSR count). The van der Waals surface area contributed by atoms with E-state index in [1.54, 1.807) is 13.3 Å². The summed E-state index contributed by atoms with van der Waals surface area (Å²) in [5.41, 5.74) is 4.17. The molecule has 0 aliphatic carbocycles. The van der Waals surface area contributed by atoms with Crippen LogP contribution >= 0.6 is 11.3 Å². The second-order valence-electron chi connectivity index (χ2n) is 5.79. The number of hydrogen-bond acceptors (Lipinski definition) is 7. The lowest BCUT2D eigenvalue weighted by Crippen LogP contribution is -1.96. The number of aromatic nitrogens is 4. The van der Waals surface area contributed by atoms with Crippen molar-refractivity contribution in [3.63, 3.8) is 0 Å². The van der Waals surface area contributed by atoms with E-state index in [0.717, 1.165) is 22.3 Å². The number of methoxy groups -OCH3 is 1. The van der Waals surface area contributed by atoms with E-state index < -0.39 is 5.82 Å². The van der Waals surface area contributed by atoms with Gasteiger partial charge in [0, 0.05) is 18.7 Å². The first-order chi connectivity index (χ1) is 12.6. The van der Waals surface area contributed by atoms with Crippen molar-refractivity contribution in [2.24, 2.45) is 0 Å². The molecule has 0 saturated carbocycles. The molecule has 4 aromatic rings. The number of carbonyl (C=O) groups excluding carboxylic acids is 1. The van der Waals surface area contributed by atoms with E-state index in [1.165, 1.54) is 17.4 Å². The van der Waals surface area contributed by atoms with Crippen LogP contribution in [0.1, 0.15) is 21.7 Å². The standard InChI is InChI=1S/C18H13FN4O2S/c1-9-3-11(16-13(4-9)21-10(6-20-16)8-25-2)17-22-14-5-12(19)15(7-24)23-18(14)26-17/h3-7H,8H2,1-2H3. The quantitative estimate of drug-likeness (QED) is 0.511. The van der Waals surface area contributed by atoms with Crippen molar-refractivity contribution in [2.75, 3.05) is 7.11 Å². The van der Waals surface area contributed by atoms with Crippen LogP contribution in [0.25, 0.3) is 32.0 Å². The zero-order valence-corrected chi connectivity index (χ0v) is 14.8. The Balaban J connectivity index is 1.93. The van der Waals surface area contributed by atoms with E-state index in [9.17, 15) is 9.18 Å². The van der Waals surface area contributed by atoms with Gasteiger partial charge in [-0.3, -0.25) is 9.78 Å². The number of hydrogen-bond donors (Lipinski definition) is 0. The first kappa shape index (κ1) is 16.6. The number of aryl methyl sites for hydroxylation is 1. The summed E-state index contributed by atoms with van der Waals surface area (Å²) < 4.78 is 18.9. The molecule has 0 radical (unpaired) electrons. The van der Waals surface area contributed by atoms with Crippen LogP contribution in [0.2, 0.25) is 0 Å². The number of rotatable bonds is 4. The molecular weight excluding hydrogens is 355 g/mol. The molecule has 130 valence electrons. The van der Waals surface area contributed by atoms with Gasteiger partial charge in [-0.2, -0.15) is 0 Å². The molecule has 8 heteroatoms. The number of aldehydes is 1. The Morgan fingerprint density at radius 1 is 1.19 bits per heavy atom. The second-order valence-corrected chi connectivity index (χ2v) is 6.77. The molecule has 0 N–H and O–H groups in total. The van der Waals surface area contributed by atoms with Crippen LogP contribution in [0.4, 0.5) is 4.39 Å². The molecule has 0 bridgehead atoms. The van der Waals surface area contributed by atoms with E-state index in [1.807, 2.05) is 19.1 Å². The van der Waals surface area contributed by atoms with Crippen LogP contribution in [-0.4, -0.2) is 33.3 Å². The number of benzene rings is 1. The molecule has 0 saturated heterocycles. The van der Waals surface area contributed by atoms with Gasteiger partial charge >= 0.3 is 0 Å². The fourth-order valence-corrected chi connectivity index (χ4v) is 3.68. The Kier molecular flexibility index (Phi) is 4.14. The van der Waals surface area contributed by atoms with E-state index in [4.69, 9.17) is 4.74 Å². The molecule has 26 heavy (non-hydrogen) atoms. The van der Waals surface area contributed by atoms with Crippen LogP contribution in [0.3, 0.4) is 0 Å². The zero-order valence-electron chi connectivity index (χ0n) is 14.0. The largest absolute Gasteiger partial charge is 0.378 e. The molecule has 0 atom stereocenters. The van der Waals surface area contributed by atoms with Crippen molar-refractivity contribution in [3.8, 4) is 10.6 Å². The Hall–Kier alpha value is -2.84. The summed E-state index contributed by atoms with van der Waals surface area (Å²) in [6, 6.07) is 5.13. The summed E-state index contributed by atoms with van der Waals surface area (Å²) in [7, 11) is 1.61. The molecular formula is C18H13FN4O2S. The normalized spacial score (nSPS) is 11.3. The average molecular weight is 368 g/mol. The van der Waals surface area contributed by atoms with Crippen molar-refractivity contribution in [2.45, 2.75) is 13.5 Å². The molecule has 3 aromatic heterocycles. The Morgan fingerprint density at radius 2 is 2.04 bits per heavy atom. The summed E-state index contributed by atoms with van der Waals surface area (Å²) >= 11 is 1.29. The third kappa shape index (κ3) is 2.83. The number of pyridine rings is 1. The molecule has 0 spiro atoms. The third-order valence-corrected chi connectivity index (χ3v) is 4.84. The van der Waals surface area contributed by atoms with Gasteiger partial charge in [0.2, 0.25) is 0 Å². The lowest BCUT2D eigenvalue weighted by Gasteiger charge is -2.06. The summed E-state index contributed by atoms with van der Waals surface area (Å²) in [6.45, 7) is 2.34. The molecule has 0 aliphatic rings. The number of thiazole rings is 1. The van der Waals surface area contributed by atoms with E-state index in [0.29, 0.717) is 33.8 Å². The zero-order chi connectivity index (χ0) is 18.3. The number of ether oxygens (including phenoxy) is 1. The Bertz CT molecular complexity index is 1160. The first-order valence-electron chi connectivity index (χ1n) is 7.77. The predicted molar refractivity (Wildman–Crippen MR) is 96.7 cm³/mol. The van der Waals surface area contributed by atoms with Gasteiger partial charge in [-0.25, -0.2) is 19.3 Å². The van der Waals surface area contributed by atoms with E-state index >= 15 is 0 Å². The Labute approximate surface area is 151 Å². The maximum atomic E-state index is 13.8. The average Bonchev–Trinajstić information content (AvgIpc) is 3.02. The van der Waals surface area contributed by atoms with Crippen LogP contribution in [-0.2, 0) is 11.3 Å². The summed E-state index contributed by atoms with van der Waals surface area (Å²) in [6.07, 6.45) is 2.07. The van der Waals surface area contributed by atoms with Crippen LogP contribution in [0.15, 0.2) is 24.4 Å². The van der Waals surface area contributed by atoms with Crippen LogP contribution in [0.5, 0.6) is 0 Å². The van der Waals surface area contributed by atoms with Gasteiger partial charge in [0.15, 0.2) is 12.1 Å². The second kappa shape index (κ2) is 6.47. The van der Waals surface area contributed by atoms with E-state index in [2.05, 4.69) is 19.9 Å². The molecule has 3 heterocycles.